The minimum atomic E-state index is -0.117. The number of nitrogens with zero attached hydrogens (tertiary/aromatic N) is 3. The second-order valence-electron chi connectivity index (χ2n) is 7.85. The molecule has 0 saturated carbocycles. The largest absolute Gasteiger partial charge is 0.338 e. The quantitative estimate of drug-likeness (QED) is 0.397. The van der Waals surface area contributed by atoms with Gasteiger partial charge in [0.2, 0.25) is 11.9 Å². The van der Waals surface area contributed by atoms with Gasteiger partial charge in [0.05, 0.1) is 23.7 Å². The second kappa shape index (κ2) is 8.15. The van der Waals surface area contributed by atoms with Crippen LogP contribution in [-0.4, -0.2) is 20.3 Å². The summed E-state index contributed by atoms with van der Waals surface area (Å²) < 4.78 is 1.95. The van der Waals surface area contributed by atoms with Gasteiger partial charge in [0.15, 0.2) is 5.82 Å². The fraction of sp³-hybridized carbons (Fsp3) is 0.115. The van der Waals surface area contributed by atoms with Gasteiger partial charge in [0.1, 0.15) is 5.52 Å². The van der Waals surface area contributed by atoms with Crippen molar-refractivity contribution in [1.29, 1.82) is 0 Å². The summed E-state index contributed by atoms with van der Waals surface area (Å²) in [5.74, 6) is 1.05. The number of aromatic nitrogens is 3. The topological polar surface area (TPSA) is 71.3 Å². The number of benzene rings is 3. The zero-order chi connectivity index (χ0) is 22.1. The van der Waals surface area contributed by atoms with E-state index in [4.69, 9.17) is 4.98 Å². The van der Waals surface area contributed by atoms with E-state index in [0.717, 1.165) is 38.9 Å². The fourth-order valence-electron chi connectivity index (χ4n) is 3.95. The molecule has 2 N–H and O–H groups in total. The Labute approximate surface area is 186 Å². The van der Waals surface area contributed by atoms with Gasteiger partial charge in [-0.05, 0) is 42.7 Å². The number of para-hydroxylation sites is 3. The molecule has 0 spiro atoms. The van der Waals surface area contributed by atoms with Crippen LogP contribution in [0, 0.1) is 13.8 Å². The molecule has 2 heterocycles. The summed E-state index contributed by atoms with van der Waals surface area (Å²) in [5, 5.41) is 6.47. The number of carbonyl (C=O) groups is 1. The first kappa shape index (κ1) is 19.8. The highest BCUT2D eigenvalue weighted by atomic mass is 16.1. The standard InChI is InChI=1S/C26H23N5O/c1-17-9-8-10-18(2)24(17)30-25-22-16-27-26(29-23(32)15-19-11-4-3-5-12-19)31(22)21-14-7-6-13-20(21)28-25/h3-14,16H,15H2,1-2H3,(H,28,30)(H,27,29,32). The number of anilines is 3. The second-order valence-corrected chi connectivity index (χ2v) is 7.85. The van der Waals surface area contributed by atoms with Crippen LogP contribution in [0.15, 0.2) is 79.0 Å². The monoisotopic (exact) mass is 421 g/mol. The summed E-state index contributed by atoms with van der Waals surface area (Å²) in [4.78, 5) is 22.1. The van der Waals surface area contributed by atoms with Crippen LogP contribution in [0.4, 0.5) is 17.5 Å². The zero-order valence-corrected chi connectivity index (χ0v) is 18.0. The average Bonchev–Trinajstić information content (AvgIpc) is 3.21. The van der Waals surface area contributed by atoms with E-state index in [9.17, 15) is 4.79 Å². The third kappa shape index (κ3) is 3.67. The molecule has 158 valence electrons. The van der Waals surface area contributed by atoms with E-state index in [1.165, 1.54) is 0 Å². The van der Waals surface area contributed by atoms with Gasteiger partial charge in [-0.25, -0.2) is 9.97 Å². The van der Waals surface area contributed by atoms with Crippen molar-refractivity contribution in [1.82, 2.24) is 14.4 Å². The summed E-state index contributed by atoms with van der Waals surface area (Å²) in [6.07, 6.45) is 2.03. The van der Waals surface area contributed by atoms with Crippen molar-refractivity contribution >= 4 is 39.9 Å². The first-order chi connectivity index (χ1) is 15.6. The Balaban J connectivity index is 1.58. The Hall–Kier alpha value is -4.19. The minimum absolute atomic E-state index is 0.117. The maximum Gasteiger partial charge on any atom is 0.231 e. The first-order valence-corrected chi connectivity index (χ1v) is 10.5. The molecular formula is C26H23N5O. The third-order valence-electron chi connectivity index (χ3n) is 5.54. The normalized spacial score (nSPS) is 11.1. The number of imidazole rings is 1. The van der Waals surface area contributed by atoms with Crippen molar-refractivity contribution < 1.29 is 4.79 Å². The highest BCUT2D eigenvalue weighted by molar-refractivity contribution is 5.94. The van der Waals surface area contributed by atoms with Crippen LogP contribution in [0.25, 0.3) is 16.6 Å². The van der Waals surface area contributed by atoms with Crippen molar-refractivity contribution in [2.45, 2.75) is 20.3 Å². The molecule has 6 heteroatoms. The summed E-state index contributed by atoms with van der Waals surface area (Å²) in [7, 11) is 0. The molecule has 3 aromatic carbocycles. The van der Waals surface area contributed by atoms with E-state index in [1.54, 1.807) is 6.20 Å². The first-order valence-electron chi connectivity index (χ1n) is 10.5. The predicted molar refractivity (Wildman–Crippen MR) is 128 cm³/mol. The van der Waals surface area contributed by atoms with Crippen molar-refractivity contribution in [2.75, 3.05) is 10.6 Å². The summed E-state index contributed by atoms with van der Waals surface area (Å²) in [5.41, 5.74) is 6.72. The highest BCUT2D eigenvalue weighted by Crippen LogP contribution is 2.30. The Kier molecular flexibility index (Phi) is 5.03. The van der Waals surface area contributed by atoms with Gasteiger partial charge in [-0.3, -0.25) is 14.5 Å². The molecular weight excluding hydrogens is 398 g/mol. The molecule has 6 nitrogen and oxygen atoms in total. The van der Waals surface area contributed by atoms with Gasteiger partial charge in [-0.15, -0.1) is 0 Å². The number of amides is 1. The molecule has 32 heavy (non-hydrogen) atoms. The molecule has 0 saturated heterocycles. The zero-order valence-electron chi connectivity index (χ0n) is 18.0. The van der Waals surface area contributed by atoms with E-state index in [0.29, 0.717) is 11.8 Å². The molecule has 0 bridgehead atoms. The molecule has 2 aromatic heterocycles. The third-order valence-corrected chi connectivity index (χ3v) is 5.54. The summed E-state index contributed by atoms with van der Waals surface area (Å²) in [6, 6.07) is 23.7. The van der Waals surface area contributed by atoms with Crippen LogP contribution in [0.5, 0.6) is 0 Å². The Morgan fingerprint density at radius 1 is 0.875 bits per heavy atom. The van der Waals surface area contributed by atoms with E-state index in [-0.39, 0.29) is 12.3 Å². The Morgan fingerprint density at radius 3 is 2.38 bits per heavy atom. The van der Waals surface area contributed by atoms with Gasteiger partial charge in [0, 0.05) is 5.69 Å². The van der Waals surface area contributed by atoms with Crippen molar-refractivity contribution in [3.05, 3.63) is 95.7 Å². The Morgan fingerprint density at radius 2 is 1.59 bits per heavy atom. The number of fused-ring (bicyclic) bond motifs is 3. The molecule has 1 amide bonds. The molecule has 0 aliphatic rings. The lowest BCUT2D eigenvalue weighted by Gasteiger charge is -2.15. The SMILES string of the molecule is Cc1cccc(C)c1Nc1nc2ccccc2n2c(NC(=O)Cc3ccccc3)ncc12. The fourth-order valence-corrected chi connectivity index (χ4v) is 3.95. The molecule has 0 radical (unpaired) electrons. The van der Waals surface area contributed by atoms with Crippen molar-refractivity contribution in [2.24, 2.45) is 0 Å². The number of rotatable bonds is 5. The summed E-state index contributed by atoms with van der Waals surface area (Å²) in [6.45, 7) is 4.14. The number of carbonyl (C=O) groups excluding carboxylic acids is 1. The lowest BCUT2D eigenvalue weighted by Crippen LogP contribution is -2.16. The van der Waals surface area contributed by atoms with Crippen LogP contribution in [0.3, 0.4) is 0 Å². The van der Waals surface area contributed by atoms with Crippen LogP contribution >= 0.6 is 0 Å². The van der Waals surface area contributed by atoms with E-state index >= 15 is 0 Å². The molecule has 0 aliphatic heterocycles. The van der Waals surface area contributed by atoms with Gasteiger partial charge in [-0.1, -0.05) is 60.7 Å². The van der Waals surface area contributed by atoms with Crippen LogP contribution in [-0.2, 0) is 11.2 Å². The van der Waals surface area contributed by atoms with E-state index in [1.807, 2.05) is 65.1 Å². The Bertz CT molecular complexity index is 1420. The van der Waals surface area contributed by atoms with Crippen LogP contribution < -0.4 is 10.6 Å². The van der Waals surface area contributed by atoms with Gasteiger partial charge < -0.3 is 5.32 Å². The molecule has 0 fully saturated rings. The highest BCUT2D eigenvalue weighted by Gasteiger charge is 2.16. The molecule has 0 atom stereocenters. The molecule has 0 unspecified atom stereocenters. The molecule has 0 aliphatic carbocycles. The smallest absolute Gasteiger partial charge is 0.231 e. The van der Waals surface area contributed by atoms with Crippen LogP contribution in [0.2, 0.25) is 0 Å². The average molecular weight is 422 g/mol. The van der Waals surface area contributed by atoms with Crippen LogP contribution in [0.1, 0.15) is 16.7 Å². The number of aryl methyl sites for hydroxylation is 2. The van der Waals surface area contributed by atoms with Gasteiger partial charge in [-0.2, -0.15) is 0 Å². The maximum atomic E-state index is 12.7. The summed E-state index contributed by atoms with van der Waals surface area (Å²) >= 11 is 0. The van der Waals surface area contributed by atoms with Gasteiger partial charge in [0.25, 0.3) is 0 Å². The van der Waals surface area contributed by atoms with Crippen molar-refractivity contribution in [3.63, 3.8) is 0 Å². The number of hydrogen-bond acceptors (Lipinski definition) is 4. The van der Waals surface area contributed by atoms with E-state index < -0.39 is 0 Å². The lowest BCUT2D eigenvalue weighted by molar-refractivity contribution is -0.115. The van der Waals surface area contributed by atoms with Crippen molar-refractivity contribution in [3.8, 4) is 0 Å². The maximum absolute atomic E-state index is 12.7. The van der Waals surface area contributed by atoms with E-state index in [2.05, 4.69) is 41.6 Å². The molecule has 5 aromatic rings. The minimum Gasteiger partial charge on any atom is -0.338 e. The number of hydrogen-bond donors (Lipinski definition) is 2. The van der Waals surface area contributed by atoms with Gasteiger partial charge >= 0.3 is 0 Å². The molecule has 5 rings (SSSR count). The predicted octanol–water partition coefficient (Wildman–Crippen LogP) is 5.42. The number of nitrogens with one attached hydrogen (secondary N) is 2. The lowest BCUT2D eigenvalue weighted by atomic mass is 10.1.